The lowest BCUT2D eigenvalue weighted by molar-refractivity contribution is 0.648. The molecule has 5 nitrogen and oxygen atoms in total. The molecule has 3 heterocycles. The molecule has 5 heteroatoms. The first kappa shape index (κ1) is 35.8. The van der Waals surface area contributed by atoms with Gasteiger partial charge in [-0.15, -0.1) is 0 Å². The Morgan fingerprint density at radius 2 is 0.935 bits per heavy atom. The molecule has 8 aromatic carbocycles. The van der Waals surface area contributed by atoms with Crippen molar-refractivity contribution in [3.63, 3.8) is 0 Å². The highest BCUT2D eigenvalue weighted by atomic mass is 15.0. The number of rotatable bonds is 7. The Hall–Kier alpha value is -8.15. The molecule has 0 radical (unpaired) electrons. The third kappa shape index (κ3) is 6.05. The fraction of sp³-hybridized carbons (Fsp3) is 0.0351. The highest BCUT2D eigenvalue weighted by Gasteiger charge is 2.19. The number of benzene rings is 8. The molecule has 0 saturated heterocycles. The number of hydrogen-bond donors (Lipinski definition) is 0. The van der Waals surface area contributed by atoms with Crippen molar-refractivity contribution in [1.29, 1.82) is 0 Å². The minimum Gasteiger partial charge on any atom is -0.333 e. The van der Waals surface area contributed by atoms with Crippen LogP contribution in [0.4, 0.5) is 0 Å². The zero-order valence-corrected chi connectivity index (χ0v) is 33.8. The fourth-order valence-electron chi connectivity index (χ4n) is 9.38. The lowest BCUT2D eigenvalue weighted by atomic mass is 9.98. The van der Waals surface area contributed by atoms with Crippen LogP contribution in [0.15, 0.2) is 218 Å². The van der Waals surface area contributed by atoms with Crippen LogP contribution >= 0.6 is 0 Å². The Labute approximate surface area is 359 Å². The highest BCUT2D eigenvalue weighted by Crippen LogP contribution is 2.40. The molecule has 11 aromatic rings. The van der Waals surface area contributed by atoms with E-state index in [1.807, 2.05) is 60.7 Å². The van der Waals surface area contributed by atoms with Crippen molar-refractivity contribution < 1.29 is 0 Å². The number of allylic oxidation sites excluding steroid dienone is 4. The number of hydrogen-bond acceptors (Lipinski definition) is 3. The van der Waals surface area contributed by atoms with Gasteiger partial charge in [0.2, 0.25) is 0 Å². The monoisotopic (exact) mass is 793 g/mol. The second kappa shape index (κ2) is 14.8. The van der Waals surface area contributed by atoms with Crippen molar-refractivity contribution in [1.82, 2.24) is 24.1 Å². The van der Waals surface area contributed by atoms with Gasteiger partial charge in [-0.25, -0.2) is 15.0 Å². The SMILES string of the molecule is C1=CCC(n2c3ccccc3c3cc(-c4ccc(-n5c6ccccc6c6c(-c7ccc(-c8nc(-c9ccccc9)nc(-c9ccccc9)n8)cc7)cccc65)cc4)ccc32)C=C1. The molecular formula is C57H39N5. The van der Waals surface area contributed by atoms with Crippen molar-refractivity contribution in [2.45, 2.75) is 12.5 Å². The summed E-state index contributed by atoms with van der Waals surface area (Å²) in [5.41, 5.74) is 13.6. The summed E-state index contributed by atoms with van der Waals surface area (Å²) in [5, 5.41) is 5.02. The largest absolute Gasteiger partial charge is 0.333 e. The van der Waals surface area contributed by atoms with Crippen molar-refractivity contribution >= 4 is 43.6 Å². The van der Waals surface area contributed by atoms with Gasteiger partial charge in [0, 0.05) is 55.0 Å². The van der Waals surface area contributed by atoms with E-state index >= 15 is 0 Å². The first-order chi connectivity index (χ1) is 30.7. The first-order valence-corrected chi connectivity index (χ1v) is 21.2. The third-order valence-electron chi connectivity index (χ3n) is 12.3. The Kier molecular flexibility index (Phi) is 8.56. The Morgan fingerprint density at radius 3 is 1.61 bits per heavy atom. The highest BCUT2D eigenvalue weighted by molar-refractivity contribution is 6.16. The smallest absolute Gasteiger partial charge is 0.164 e. The van der Waals surface area contributed by atoms with E-state index in [2.05, 4.69) is 167 Å². The van der Waals surface area contributed by atoms with E-state index in [-0.39, 0.29) is 0 Å². The van der Waals surface area contributed by atoms with Gasteiger partial charge in [0.05, 0.1) is 17.1 Å². The van der Waals surface area contributed by atoms with E-state index in [0.717, 1.165) is 34.4 Å². The van der Waals surface area contributed by atoms with Gasteiger partial charge < -0.3 is 9.13 Å². The zero-order chi connectivity index (χ0) is 41.0. The van der Waals surface area contributed by atoms with Crippen LogP contribution in [0.5, 0.6) is 0 Å². The van der Waals surface area contributed by atoms with Gasteiger partial charge in [-0.2, -0.15) is 0 Å². The van der Waals surface area contributed by atoms with Gasteiger partial charge in [-0.1, -0.05) is 176 Å². The molecule has 62 heavy (non-hydrogen) atoms. The van der Waals surface area contributed by atoms with Crippen LogP contribution < -0.4 is 0 Å². The van der Waals surface area contributed by atoms with Gasteiger partial charge in [0.15, 0.2) is 17.5 Å². The summed E-state index contributed by atoms with van der Waals surface area (Å²) in [6.07, 6.45) is 9.89. The van der Waals surface area contributed by atoms with E-state index in [4.69, 9.17) is 15.0 Å². The number of aromatic nitrogens is 5. The molecule has 0 aliphatic heterocycles. The number of nitrogens with zero attached hydrogens (tertiary/aromatic N) is 5. The second-order valence-corrected chi connectivity index (χ2v) is 15.9. The molecule has 0 fully saturated rings. The van der Waals surface area contributed by atoms with Crippen molar-refractivity contribution in [3.05, 3.63) is 218 Å². The standard InChI is InChI=1S/C57H39N5/c1-4-15-40(16-5-1)55-58-56(41-17-6-2-7-18-41)60-57(59-55)42-29-27-39(28-30-42)46-23-14-26-53-54(46)48-22-11-13-25-51(48)62(53)45-34-31-38(32-35-45)43-33-36-52-49(37-43)47-21-10-12-24-50(47)61(52)44-19-8-3-9-20-44/h1-19,21-37,44H,20H2. The van der Waals surface area contributed by atoms with E-state index < -0.39 is 0 Å². The minimum absolute atomic E-state index is 0.308. The van der Waals surface area contributed by atoms with Crippen LogP contribution in [-0.2, 0) is 0 Å². The molecule has 0 amide bonds. The average Bonchev–Trinajstić information content (AvgIpc) is 3.87. The molecule has 1 atom stereocenters. The second-order valence-electron chi connectivity index (χ2n) is 15.9. The predicted octanol–water partition coefficient (Wildman–Crippen LogP) is 14.5. The fourth-order valence-corrected chi connectivity index (χ4v) is 9.38. The van der Waals surface area contributed by atoms with Gasteiger partial charge in [0.25, 0.3) is 0 Å². The molecule has 0 bridgehead atoms. The van der Waals surface area contributed by atoms with Crippen LogP contribution in [-0.4, -0.2) is 24.1 Å². The normalized spacial score (nSPS) is 13.8. The van der Waals surface area contributed by atoms with E-state index in [1.54, 1.807) is 0 Å². The molecule has 12 rings (SSSR count). The van der Waals surface area contributed by atoms with E-state index in [9.17, 15) is 0 Å². The van der Waals surface area contributed by atoms with Gasteiger partial charge >= 0.3 is 0 Å². The third-order valence-corrected chi connectivity index (χ3v) is 12.3. The molecule has 292 valence electrons. The predicted molar refractivity (Wildman–Crippen MR) is 256 cm³/mol. The summed E-state index contributed by atoms with van der Waals surface area (Å²) >= 11 is 0. The maximum Gasteiger partial charge on any atom is 0.164 e. The first-order valence-electron chi connectivity index (χ1n) is 21.2. The summed E-state index contributed by atoms with van der Waals surface area (Å²) in [6.45, 7) is 0. The maximum absolute atomic E-state index is 4.97. The van der Waals surface area contributed by atoms with E-state index in [1.165, 1.54) is 60.3 Å². The van der Waals surface area contributed by atoms with Crippen LogP contribution in [0.3, 0.4) is 0 Å². The molecule has 1 aliphatic carbocycles. The summed E-state index contributed by atoms with van der Waals surface area (Å²) < 4.78 is 4.90. The summed E-state index contributed by atoms with van der Waals surface area (Å²) in [5.74, 6) is 1.95. The molecule has 3 aromatic heterocycles. The molecule has 1 aliphatic rings. The van der Waals surface area contributed by atoms with Gasteiger partial charge in [-0.3, -0.25) is 0 Å². The number of para-hydroxylation sites is 2. The minimum atomic E-state index is 0.308. The van der Waals surface area contributed by atoms with Crippen LogP contribution in [0, 0.1) is 0 Å². The van der Waals surface area contributed by atoms with Crippen molar-refractivity contribution in [2.75, 3.05) is 0 Å². The summed E-state index contributed by atoms with van der Waals surface area (Å²) in [7, 11) is 0. The molecule has 1 unspecified atom stereocenters. The lowest BCUT2D eigenvalue weighted by Gasteiger charge is -2.18. The Morgan fingerprint density at radius 1 is 0.387 bits per heavy atom. The van der Waals surface area contributed by atoms with Gasteiger partial charge in [-0.05, 0) is 71.1 Å². The quantitative estimate of drug-likeness (QED) is 0.161. The molecular weight excluding hydrogens is 755 g/mol. The van der Waals surface area contributed by atoms with Gasteiger partial charge in [0.1, 0.15) is 0 Å². The number of fused-ring (bicyclic) bond motifs is 6. The lowest BCUT2D eigenvalue weighted by Crippen LogP contribution is -2.06. The Balaban J connectivity index is 0.914. The summed E-state index contributed by atoms with van der Waals surface area (Å²) in [6, 6.07) is 69.4. The summed E-state index contributed by atoms with van der Waals surface area (Å²) in [4.78, 5) is 14.8. The van der Waals surface area contributed by atoms with E-state index in [0.29, 0.717) is 23.5 Å². The van der Waals surface area contributed by atoms with Crippen molar-refractivity contribution in [2.24, 2.45) is 0 Å². The van der Waals surface area contributed by atoms with Crippen LogP contribution in [0.1, 0.15) is 12.5 Å². The van der Waals surface area contributed by atoms with Crippen LogP contribution in [0.2, 0.25) is 0 Å². The zero-order valence-electron chi connectivity index (χ0n) is 33.8. The average molecular weight is 794 g/mol. The topological polar surface area (TPSA) is 48.5 Å². The van der Waals surface area contributed by atoms with Crippen LogP contribution in [0.25, 0.3) is 106 Å². The molecule has 0 N–H and O–H groups in total. The van der Waals surface area contributed by atoms with Crippen molar-refractivity contribution in [3.8, 4) is 62.1 Å². The molecule has 0 saturated carbocycles. The molecule has 0 spiro atoms. The Bertz CT molecular complexity index is 3460. The maximum atomic E-state index is 4.97.